The molecule has 10 heteroatoms. The lowest BCUT2D eigenvalue weighted by Crippen LogP contribution is -2.38. The first-order valence-corrected chi connectivity index (χ1v) is 12.6. The molecule has 1 aromatic heterocycles. The van der Waals surface area contributed by atoms with E-state index in [9.17, 15) is 17.6 Å². The van der Waals surface area contributed by atoms with Gasteiger partial charge < -0.3 is 20.5 Å². The molecule has 3 N–H and O–H groups in total. The highest BCUT2D eigenvalue weighted by Crippen LogP contribution is 2.36. The van der Waals surface area contributed by atoms with Gasteiger partial charge in [-0.3, -0.25) is 0 Å². The molecule has 1 unspecified atom stereocenters. The van der Waals surface area contributed by atoms with E-state index in [1.54, 1.807) is 24.3 Å². The van der Waals surface area contributed by atoms with E-state index < -0.39 is 11.7 Å². The van der Waals surface area contributed by atoms with Gasteiger partial charge in [0.15, 0.2) is 5.96 Å². The van der Waals surface area contributed by atoms with Crippen LogP contribution in [0.25, 0.3) is 11.4 Å². The van der Waals surface area contributed by atoms with E-state index in [1.165, 1.54) is 12.1 Å². The Labute approximate surface area is 213 Å². The van der Waals surface area contributed by atoms with Crippen LogP contribution < -0.4 is 16.0 Å². The number of piperidine rings is 1. The third-order valence-electron chi connectivity index (χ3n) is 7.03. The Balaban J connectivity index is 1.49. The van der Waals surface area contributed by atoms with Crippen LogP contribution in [0.1, 0.15) is 49.0 Å². The first-order valence-electron chi connectivity index (χ1n) is 12.6. The molecule has 3 heterocycles. The Morgan fingerprint density at radius 1 is 1.08 bits per heavy atom. The molecule has 196 valence electrons. The molecule has 2 aliphatic rings. The topological polar surface area (TPSA) is 66.3 Å². The third-order valence-corrected chi connectivity index (χ3v) is 7.03. The Hall–Kier alpha value is -3.40. The first kappa shape index (κ1) is 25.3. The van der Waals surface area contributed by atoms with Crippen LogP contribution >= 0.6 is 0 Å². The first-order chi connectivity index (χ1) is 17.8. The summed E-state index contributed by atoms with van der Waals surface area (Å²) in [6.45, 7) is 4.63. The highest BCUT2D eigenvalue weighted by Gasteiger charge is 2.32. The van der Waals surface area contributed by atoms with Crippen molar-refractivity contribution in [3.8, 4) is 11.4 Å². The van der Waals surface area contributed by atoms with E-state index in [-0.39, 0.29) is 18.4 Å². The fourth-order valence-electron chi connectivity index (χ4n) is 4.96. The zero-order valence-corrected chi connectivity index (χ0v) is 20.6. The summed E-state index contributed by atoms with van der Waals surface area (Å²) in [6, 6.07) is 11.5. The van der Waals surface area contributed by atoms with Crippen molar-refractivity contribution >= 4 is 11.8 Å². The molecule has 0 aliphatic carbocycles. The van der Waals surface area contributed by atoms with Gasteiger partial charge in [-0.1, -0.05) is 30.3 Å². The number of guanidine groups is 1. The lowest BCUT2D eigenvalue weighted by atomic mass is 9.94. The maximum atomic E-state index is 14.1. The van der Waals surface area contributed by atoms with E-state index >= 15 is 0 Å². The van der Waals surface area contributed by atoms with Gasteiger partial charge >= 0.3 is 6.18 Å². The fourth-order valence-corrected chi connectivity index (χ4v) is 4.96. The minimum atomic E-state index is -4.44. The zero-order valence-electron chi connectivity index (χ0n) is 20.6. The van der Waals surface area contributed by atoms with Gasteiger partial charge in [-0.15, -0.1) is 0 Å². The minimum Gasteiger partial charge on any atom is -0.348 e. The Morgan fingerprint density at radius 2 is 1.86 bits per heavy atom. The molecule has 1 saturated heterocycles. The number of alkyl halides is 3. The molecule has 6 nitrogen and oxygen atoms in total. The number of nitrogens with one attached hydrogen (secondary N) is 3. The summed E-state index contributed by atoms with van der Waals surface area (Å²) in [7, 11) is 0. The summed E-state index contributed by atoms with van der Waals surface area (Å²) in [5, 5.41) is 9.91. The summed E-state index contributed by atoms with van der Waals surface area (Å²) >= 11 is 0. The maximum Gasteiger partial charge on any atom is 0.416 e. The average Bonchev–Trinajstić information content (AvgIpc) is 3.26. The van der Waals surface area contributed by atoms with Crippen LogP contribution in [0, 0.1) is 11.7 Å². The molecule has 1 fully saturated rings. The number of imidazole rings is 1. The molecule has 0 spiro atoms. The van der Waals surface area contributed by atoms with E-state index in [0.717, 1.165) is 44.5 Å². The Bertz CT molecular complexity index is 1280. The van der Waals surface area contributed by atoms with Gasteiger partial charge in [-0.2, -0.15) is 13.2 Å². The summed E-state index contributed by atoms with van der Waals surface area (Å²) in [5.41, 5.74) is 0.888. The Kier molecular flexibility index (Phi) is 7.19. The van der Waals surface area contributed by atoms with Crippen molar-refractivity contribution in [1.82, 2.24) is 20.2 Å². The molecular weight excluding hydrogens is 484 g/mol. The molecule has 2 aliphatic heterocycles. The fraction of sp³-hybridized carbons (Fsp3) is 0.407. The van der Waals surface area contributed by atoms with Gasteiger partial charge in [0, 0.05) is 17.7 Å². The largest absolute Gasteiger partial charge is 0.416 e. The van der Waals surface area contributed by atoms with Crippen LogP contribution in [-0.2, 0) is 19.3 Å². The minimum absolute atomic E-state index is 0.147. The molecule has 0 radical (unpaired) electrons. The second kappa shape index (κ2) is 10.5. The number of fused-ring (bicyclic) bond motifs is 1. The number of rotatable bonds is 6. The molecule has 2 aromatic carbocycles. The van der Waals surface area contributed by atoms with E-state index in [0.29, 0.717) is 46.9 Å². The highest BCUT2D eigenvalue weighted by atomic mass is 19.4. The number of hydrogen-bond donors (Lipinski definition) is 3. The van der Waals surface area contributed by atoms with E-state index in [4.69, 9.17) is 4.98 Å². The monoisotopic (exact) mass is 514 g/mol. The number of aliphatic imine (C=N–C) groups is 1. The zero-order chi connectivity index (χ0) is 26.0. The highest BCUT2D eigenvalue weighted by molar-refractivity contribution is 5.96. The van der Waals surface area contributed by atoms with Gasteiger partial charge in [0.05, 0.1) is 18.2 Å². The number of benzene rings is 2. The van der Waals surface area contributed by atoms with E-state index in [1.807, 2.05) is 11.5 Å². The van der Waals surface area contributed by atoms with Crippen molar-refractivity contribution in [1.29, 1.82) is 0 Å². The number of halogens is 4. The number of hydrogen-bond acceptors (Lipinski definition) is 3. The van der Waals surface area contributed by atoms with Crippen LogP contribution in [0.5, 0.6) is 0 Å². The van der Waals surface area contributed by atoms with E-state index in [2.05, 4.69) is 20.9 Å². The van der Waals surface area contributed by atoms with Gasteiger partial charge in [0.2, 0.25) is 0 Å². The van der Waals surface area contributed by atoms with Crippen LogP contribution in [0.2, 0.25) is 0 Å². The maximum absolute atomic E-state index is 14.1. The van der Waals surface area contributed by atoms with Crippen molar-refractivity contribution in [2.75, 3.05) is 18.4 Å². The van der Waals surface area contributed by atoms with Gasteiger partial charge in [-0.05, 0) is 63.4 Å². The summed E-state index contributed by atoms with van der Waals surface area (Å²) < 4.78 is 56.5. The molecule has 0 bridgehead atoms. The molecule has 0 amide bonds. The standard InChI is InChI=1S/C27H30F4N6/c1-17-23-25(36-26(34-17)33-16-20-5-2-3-8-22(20)28)37(14-11-18-9-12-32-13-10-18)24(35-23)19-6-4-7-21(15-19)27(29,30)31/h2-8,15,17-18,32H,9-14,16H2,1H3,(H2,33,34,36). The molecule has 1 atom stereocenters. The second-order valence-electron chi connectivity index (χ2n) is 9.63. The summed E-state index contributed by atoms with van der Waals surface area (Å²) in [5.74, 6) is 1.88. The summed E-state index contributed by atoms with van der Waals surface area (Å²) in [6.07, 6.45) is -1.42. The smallest absolute Gasteiger partial charge is 0.348 e. The van der Waals surface area contributed by atoms with Crippen molar-refractivity contribution in [3.05, 3.63) is 71.2 Å². The van der Waals surface area contributed by atoms with Crippen LogP contribution in [0.15, 0.2) is 53.5 Å². The van der Waals surface area contributed by atoms with Crippen LogP contribution in [0.4, 0.5) is 23.4 Å². The lowest BCUT2D eigenvalue weighted by molar-refractivity contribution is -0.137. The molecular formula is C27H30F4N6. The van der Waals surface area contributed by atoms with Crippen molar-refractivity contribution in [3.63, 3.8) is 0 Å². The predicted molar refractivity (Wildman–Crippen MR) is 136 cm³/mol. The van der Waals surface area contributed by atoms with Crippen molar-refractivity contribution < 1.29 is 17.6 Å². The average molecular weight is 515 g/mol. The quantitative estimate of drug-likeness (QED) is 0.368. The number of aromatic nitrogens is 2. The second-order valence-corrected chi connectivity index (χ2v) is 9.63. The van der Waals surface area contributed by atoms with Gasteiger partial charge in [-0.25, -0.2) is 14.4 Å². The lowest BCUT2D eigenvalue weighted by Gasteiger charge is -2.26. The predicted octanol–water partition coefficient (Wildman–Crippen LogP) is 5.73. The number of nitrogens with zero attached hydrogens (tertiary/aromatic N) is 3. The van der Waals surface area contributed by atoms with Crippen LogP contribution in [0.3, 0.4) is 0 Å². The third kappa shape index (κ3) is 5.64. The normalized spacial score (nSPS) is 19.4. The van der Waals surface area contributed by atoms with Gasteiger partial charge in [0.25, 0.3) is 0 Å². The molecule has 3 aromatic rings. The number of anilines is 1. The SMILES string of the molecule is CC1NC(=NCc2ccccc2F)Nc2c1nc(-c1cccc(C(F)(F)F)c1)n2CCC1CCNCC1. The molecule has 5 rings (SSSR count). The van der Waals surface area contributed by atoms with Crippen molar-refractivity contribution in [2.24, 2.45) is 10.9 Å². The summed E-state index contributed by atoms with van der Waals surface area (Å²) in [4.78, 5) is 9.34. The van der Waals surface area contributed by atoms with Crippen molar-refractivity contribution in [2.45, 2.75) is 51.5 Å². The molecule has 0 saturated carbocycles. The Morgan fingerprint density at radius 3 is 2.62 bits per heavy atom. The van der Waals surface area contributed by atoms with Crippen LogP contribution in [-0.4, -0.2) is 28.6 Å². The van der Waals surface area contributed by atoms with Gasteiger partial charge in [0.1, 0.15) is 23.2 Å². The molecule has 37 heavy (non-hydrogen) atoms.